The van der Waals surface area contributed by atoms with Crippen LogP contribution in [0.5, 0.6) is 0 Å². The average molecular weight is 151 g/mol. The summed E-state index contributed by atoms with van der Waals surface area (Å²) in [7, 11) is 0. The lowest BCUT2D eigenvalue weighted by atomic mass is 10.3. The van der Waals surface area contributed by atoms with Gasteiger partial charge in [-0.15, -0.1) is 0 Å². The highest BCUT2D eigenvalue weighted by molar-refractivity contribution is 5.73. The standard InChI is InChI=1S/C7H5NO3/c9-4-6-2-1-3-7(5-10)8(6)11/h1-5H. The first-order chi connectivity index (χ1) is 5.29. The number of hydrogen-bond donors (Lipinski definition) is 0. The van der Waals surface area contributed by atoms with E-state index in [1.54, 1.807) is 0 Å². The van der Waals surface area contributed by atoms with Crippen LogP contribution in [0.3, 0.4) is 0 Å². The van der Waals surface area contributed by atoms with Crippen LogP contribution in [-0.2, 0) is 0 Å². The summed E-state index contributed by atoms with van der Waals surface area (Å²) in [5.41, 5.74) is -0.121. The Labute approximate surface area is 62.7 Å². The molecule has 0 saturated carbocycles. The number of rotatable bonds is 2. The van der Waals surface area contributed by atoms with E-state index >= 15 is 0 Å². The molecule has 0 radical (unpaired) electrons. The van der Waals surface area contributed by atoms with Gasteiger partial charge in [0.1, 0.15) is 0 Å². The monoisotopic (exact) mass is 151 g/mol. The van der Waals surface area contributed by atoms with Crippen molar-refractivity contribution in [2.75, 3.05) is 0 Å². The number of aromatic nitrogens is 1. The SMILES string of the molecule is O=Cc1cccc(C=O)[n+]1[O-]. The molecule has 11 heavy (non-hydrogen) atoms. The second-order valence-electron chi connectivity index (χ2n) is 1.91. The van der Waals surface area contributed by atoms with Gasteiger partial charge in [-0.2, -0.15) is 4.73 Å². The van der Waals surface area contributed by atoms with Gasteiger partial charge in [0.25, 0.3) is 11.4 Å². The van der Waals surface area contributed by atoms with Crippen LogP contribution in [0, 0.1) is 5.21 Å². The van der Waals surface area contributed by atoms with Gasteiger partial charge in [-0.25, -0.2) is 0 Å². The zero-order chi connectivity index (χ0) is 8.27. The van der Waals surface area contributed by atoms with Crippen molar-refractivity contribution >= 4 is 12.6 Å². The molecule has 0 aliphatic carbocycles. The van der Waals surface area contributed by atoms with E-state index in [-0.39, 0.29) is 11.4 Å². The van der Waals surface area contributed by atoms with E-state index in [1.807, 2.05) is 0 Å². The van der Waals surface area contributed by atoms with Crippen molar-refractivity contribution in [2.45, 2.75) is 0 Å². The van der Waals surface area contributed by atoms with Crippen LogP contribution in [0.4, 0.5) is 0 Å². The molecule has 1 aromatic rings. The normalized spacial score (nSPS) is 9.09. The number of pyridine rings is 1. The van der Waals surface area contributed by atoms with Crippen molar-refractivity contribution in [2.24, 2.45) is 0 Å². The fourth-order valence-electron chi connectivity index (χ4n) is 0.704. The molecule has 0 spiro atoms. The second-order valence-corrected chi connectivity index (χ2v) is 1.91. The molecule has 0 amide bonds. The lowest BCUT2D eigenvalue weighted by Gasteiger charge is -1.99. The molecule has 0 fully saturated rings. The van der Waals surface area contributed by atoms with Crippen LogP contribution in [0.25, 0.3) is 0 Å². The van der Waals surface area contributed by atoms with E-state index in [2.05, 4.69) is 0 Å². The number of nitrogens with zero attached hydrogens (tertiary/aromatic N) is 1. The van der Waals surface area contributed by atoms with Crippen molar-refractivity contribution in [3.05, 3.63) is 34.8 Å². The average Bonchev–Trinajstić information content (AvgIpc) is 2.05. The topological polar surface area (TPSA) is 61.1 Å². The molecule has 0 aliphatic rings. The van der Waals surface area contributed by atoms with Crippen LogP contribution < -0.4 is 4.73 Å². The lowest BCUT2D eigenvalue weighted by molar-refractivity contribution is -0.608. The Morgan fingerprint density at radius 3 is 2.00 bits per heavy atom. The Morgan fingerprint density at radius 2 is 1.64 bits per heavy atom. The minimum Gasteiger partial charge on any atom is -0.618 e. The summed E-state index contributed by atoms with van der Waals surface area (Å²) in [6, 6.07) is 4.15. The van der Waals surface area contributed by atoms with Crippen LogP contribution in [0.1, 0.15) is 21.0 Å². The second kappa shape index (κ2) is 2.92. The first-order valence-electron chi connectivity index (χ1n) is 2.92. The van der Waals surface area contributed by atoms with Gasteiger partial charge in [0.05, 0.1) is 0 Å². The fourth-order valence-corrected chi connectivity index (χ4v) is 0.704. The number of carbonyl (C=O) groups is 2. The third-order valence-corrected chi connectivity index (χ3v) is 1.24. The summed E-state index contributed by atoms with van der Waals surface area (Å²) < 4.78 is 0.292. The van der Waals surface area contributed by atoms with Gasteiger partial charge in [-0.3, -0.25) is 9.59 Å². The minimum atomic E-state index is -0.0606. The Bertz CT molecular complexity index is 269. The Morgan fingerprint density at radius 1 is 1.18 bits per heavy atom. The molecule has 4 heteroatoms. The summed E-state index contributed by atoms with van der Waals surface area (Å²) in [5, 5.41) is 10.9. The first-order valence-corrected chi connectivity index (χ1v) is 2.92. The molecule has 0 N–H and O–H groups in total. The quantitative estimate of drug-likeness (QED) is 0.338. The molecular weight excluding hydrogens is 146 g/mol. The summed E-state index contributed by atoms with van der Waals surface area (Å²) in [5.74, 6) is 0. The molecule has 56 valence electrons. The number of hydrogen-bond acceptors (Lipinski definition) is 3. The third-order valence-electron chi connectivity index (χ3n) is 1.24. The van der Waals surface area contributed by atoms with Crippen molar-refractivity contribution < 1.29 is 14.3 Å². The zero-order valence-electron chi connectivity index (χ0n) is 5.56. The van der Waals surface area contributed by atoms with E-state index in [9.17, 15) is 14.8 Å². The molecule has 1 heterocycles. The zero-order valence-corrected chi connectivity index (χ0v) is 5.56. The maximum absolute atomic E-state index is 10.9. The van der Waals surface area contributed by atoms with Crippen LogP contribution in [0.15, 0.2) is 18.2 Å². The largest absolute Gasteiger partial charge is 0.618 e. The molecular formula is C7H5NO3. The van der Waals surface area contributed by atoms with Gasteiger partial charge in [0, 0.05) is 12.1 Å². The van der Waals surface area contributed by atoms with Crippen molar-refractivity contribution in [3.63, 3.8) is 0 Å². The van der Waals surface area contributed by atoms with E-state index < -0.39 is 0 Å². The fraction of sp³-hybridized carbons (Fsp3) is 0. The molecule has 1 rings (SSSR count). The maximum atomic E-state index is 10.9. The van der Waals surface area contributed by atoms with E-state index in [4.69, 9.17) is 0 Å². The minimum absolute atomic E-state index is 0.0606. The van der Waals surface area contributed by atoms with Crippen LogP contribution >= 0.6 is 0 Å². The predicted octanol–water partition coefficient (Wildman–Crippen LogP) is -0.0550. The van der Waals surface area contributed by atoms with E-state index in [0.717, 1.165) is 0 Å². The Kier molecular flexibility index (Phi) is 1.96. The molecule has 0 aliphatic heterocycles. The molecule has 0 bridgehead atoms. The highest BCUT2D eigenvalue weighted by Gasteiger charge is 2.07. The summed E-state index contributed by atoms with van der Waals surface area (Å²) in [6.45, 7) is 0. The van der Waals surface area contributed by atoms with Gasteiger partial charge in [-0.05, 0) is 6.07 Å². The molecule has 0 atom stereocenters. The Hall–Kier alpha value is -1.71. The number of carbonyl (C=O) groups excluding carboxylic acids is 2. The van der Waals surface area contributed by atoms with Crippen molar-refractivity contribution in [1.82, 2.24) is 0 Å². The smallest absolute Gasteiger partial charge is 0.257 e. The molecule has 0 unspecified atom stereocenters. The summed E-state index contributed by atoms with van der Waals surface area (Å²) in [6.07, 6.45) is 0.806. The van der Waals surface area contributed by atoms with Gasteiger partial charge in [0.2, 0.25) is 12.6 Å². The van der Waals surface area contributed by atoms with E-state index in [0.29, 0.717) is 17.3 Å². The highest BCUT2D eigenvalue weighted by Crippen LogP contribution is 1.90. The summed E-state index contributed by atoms with van der Waals surface area (Å²) >= 11 is 0. The molecule has 0 saturated heterocycles. The van der Waals surface area contributed by atoms with Gasteiger partial charge in [-0.1, -0.05) is 0 Å². The molecule has 1 aromatic heterocycles. The summed E-state index contributed by atoms with van der Waals surface area (Å²) in [4.78, 5) is 20.3. The maximum Gasteiger partial charge on any atom is 0.257 e. The van der Waals surface area contributed by atoms with Crippen LogP contribution in [-0.4, -0.2) is 12.6 Å². The molecule has 0 aromatic carbocycles. The Balaban J connectivity index is 3.30. The van der Waals surface area contributed by atoms with Gasteiger partial charge in [0.15, 0.2) is 0 Å². The lowest BCUT2D eigenvalue weighted by Crippen LogP contribution is -2.36. The first kappa shape index (κ1) is 7.40. The van der Waals surface area contributed by atoms with Gasteiger partial charge >= 0.3 is 0 Å². The highest BCUT2D eigenvalue weighted by atomic mass is 16.5. The van der Waals surface area contributed by atoms with E-state index in [1.165, 1.54) is 18.2 Å². The third kappa shape index (κ3) is 1.24. The van der Waals surface area contributed by atoms with Gasteiger partial charge < -0.3 is 5.21 Å². The molecule has 4 nitrogen and oxygen atoms in total. The predicted molar refractivity (Wildman–Crippen MR) is 36.2 cm³/mol. The van der Waals surface area contributed by atoms with Crippen LogP contribution in [0.2, 0.25) is 0 Å². The number of aldehydes is 2. The van der Waals surface area contributed by atoms with Crippen molar-refractivity contribution in [1.29, 1.82) is 0 Å². The van der Waals surface area contributed by atoms with Crippen molar-refractivity contribution in [3.8, 4) is 0 Å².